The van der Waals surface area contributed by atoms with E-state index < -0.39 is 12.5 Å². The van der Waals surface area contributed by atoms with E-state index in [-0.39, 0.29) is 6.61 Å². The lowest BCUT2D eigenvalue weighted by Gasteiger charge is -2.03. The van der Waals surface area contributed by atoms with Gasteiger partial charge >= 0.3 is 6.61 Å². The van der Waals surface area contributed by atoms with Crippen LogP contribution in [0.3, 0.4) is 0 Å². The minimum absolute atomic E-state index is 0.382. The summed E-state index contributed by atoms with van der Waals surface area (Å²) in [5.74, 6) is -0.415. The van der Waals surface area contributed by atoms with Gasteiger partial charge in [-0.3, -0.25) is 4.79 Å². The number of alkyl halides is 2. The molecule has 1 N–H and O–H groups in total. The molecule has 0 aliphatic heterocycles. The van der Waals surface area contributed by atoms with Crippen molar-refractivity contribution in [1.82, 2.24) is 5.32 Å². The van der Waals surface area contributed by atoms with Crippen molar-refractivity contribution in [1.29, 1.82) is 0 Å². The molecular formula is C9H10F2NO2S. The van der Waals surface area contributed by atoms with Gasteiger partial charge in [0.2, 0.25) is 5.91 Å². The van der Waals surface area contributed by atoms with E-state index in [4.69, 9.17) is 0 Å². The van der Waals surface area contributed by atoms with Gasteiger partial charge in [0.25, 0.3) is 0 Å². The number of thiophene rings is 1. The first-order valence-electron chi connectivity index (χ1n) is 4.20. The first-order chi connectivity index (χ1) is 7.18. The Balaban J connectivity index is 2.09. The number of rotatable bonds is 6. The van der Waals surface area contributed by atoms with Crippen LogP contribution in [0, 0.1) is 6.42 Å². The Morgan fingerprint density at radius 2 is 2.47 bits per heavy atom. The first kappa shape index (κ1) is 12.1. The van der Waals surface area contributed by atoms with E-state index in [2.05, 4.69) is 10.1 Å². The number of carbonyl (C=O) groups is 1. The summed E-state index contributed by atoms with van der Waals surface area (Å²) in [6.07, 6.45) is 1.04. The molecular weight excluding hydrogens is 224 g/mol. The number of hydrogen-bond donors (Lipinski definition) is 1. The normalized spacial score (nSPS) is 10.6. The molecule has 1 rings (SSSR count). The molecule has 1 aromatic rings. The molecule has 0 aliphatic carbocycles. The van der Waals surface area contributed by atoms with Crippen LogP contribution < -0.4 is 5.32 Å². The van der Waals surface area contributed by atoms with Crippen molar-refractivity contribution in [3.05, 3.63) is 28.8 Å². The molecule has 1 radical (unpaired) electrons. The van der Waals surface area contributed by atoms with Crippen LogP contribution in [0.5, 0.6) is 0 Å². The lowest BCUT2D eigenvalue weighted by molar-refractivity contribution is -0.130. The van der Waals surface area contributed by atoms with Gasteiger partial charge in [0.15, 0.2) is 0 Å². The fourth-order valence-electron chi connectivity index (χ4n) is 0.851. The molecule has 3 nitrogen and oxygen atoms in total. The van der Waals surface area contributed by atoms with Gasteiger partial charge in [0, 0.05) is 6.54 Å². The van der Waals surface area contributed by atoms with Gasteiger partial charge in [-0.2, -0.15) is 20.1 Å². The van der Waals surface area contributed by atoms with Gasteiger partial charge in [0.05, 0.1) is 13.0 Å². The van der Waals surface area contributed by atoms with E-state index in [0.29, 0.717) is 6.54 Å². The van der Waals surface area contributed by atoms with Crippen molar-refractivity contribution in [2.24, 2.45) is 0 Å². The third-order valence-corrected chi connectivity index (χ3v) is 2.27. The number of amides is 1. The Kier molecular flexibility index (Phi) is 5.20. The molecule has 0 saturated heterocycles. The van der Waals surface area contributed by atoms with Crippen molar-refractivity contribution >= 4 is 17.2 Å². The smallest absolute Gasteiger partial charge is 0.345 e. The van der Waals surface area contributed by atoms with Crippen LogP contribution in [0.1, 0.15) is 5.56 Å². The molecule has 0 spiro atoms. The van der Waals surface area contributed by atoms with Crippen LogP contribution in [0.2, 0.25) is 0 Å². The summed E-state index contributed by atoms with van der Waals surface area (Å²) < 4.78 is 26.9. The Labute approximate surface area is 90.1 Å². The Bertz CT molecular complexity index is 290. The summed E-state index contributed by atoms with van der Waals surface area (Å²) in [7, 11) is 0. The maximum atomic E-state index is 11.5. The number of hydrogen-bond acceptors (Lipinski definition) is 3. The van der Waals surface area contributed by atoms with Gasteiger partial charge in [-0.25, -0.2) is 0 Å². The topological polar surface area (TPSA) is 38.3 Å². The van der Waals surface area contributed by atoms with Crippen molar-refractivity contribution in [3.8, 4) is 0 Å². The quantitative estimate of drug-likeness (QED) is 0.815. The monoisotopic (exact) mass is 234 g/mol. The highest BCUT2D eigenvalue weighted by Gasteiger charge is 2.05. The zero-order valence-electron chi connectivity index (χ0n) is 7.78. The number of nitrogens with one attached hydrogen (secondary N) is 1. The van der Waals surface area contributed by atoms with E-state index in [1.807, 2.05) is 16.8 Å². The summed E-state index contributed by atoms with van der Waals surface area (Å²) >= 11 is 1.53. The van der Waals surface area contributed by atoms with Crippen molar-refractivity contribution in [3.63, 3.8) is 0 Å². The first-order valence-corrected chi connectivity index (χ1v) is 5.14. The molecule has 6 heteroatoms. The van der Waals surface area contributed by atoms with E-state index in [1.165, 1.54) is 11.3 Å². The molecule has 15 heavy (non-hydrogen) atoms. The number of ether oxygens (including phenoxy) is 1. The third-order valence-electron chi connectivity index (χ3n) is 1.54. The van der Waals surface area contributed by atoms with Crippen LogP contribution in [-0.2, 0) is 16.1 Å². The van der Waals surface area contributed by atoms with E-state index in [0.717, 1.165) is 12.0 Å². The maximum absolute atomic E-state index is 11.5. The zero-order chi connectivity index (χ0) is 11.1. The van der Waals surface area contributed by atoms with Crippen molar-refractivity contribution in [2.45, 2.75) is 13.2 Å². The van der Waals surface area contributed by atoms with Gasteiger partial charge < -0.3 is 10.1 Å². The largest absolute Gasteiger partial charge is 0.352 e. The minimum Gasteiger partial charge on any atom is -0.352 e. The molecule has 0 fully saturated rings. The standard InChI is InChI=1S/C9H10F2NO2S/c10-9(11)14-3-1-8(13)12-5-7-2-4-15-6-7/h1-2,4,6,9H,3,5H2,(H,12,13). The second-order valence-corrected chi connectivity index (χ2v) is 3.43. The van der Waals surface area contributed by atoms with E-state index in [1.54, 1.807) is 0 Å². The van der Waals surface area contributed by atoms with Crippen molar-refractivity contribution < 1.29 is 18.3 Å². The Hall–Kier alpha value is -1.01. The fourth-order valence-corrected chi connectivity index (χ4v) is 1.52. The third kappa shape index (κ3) is 5.44. The second kappa shape index (κ2) is 6.47. The SMILES string of the molecule is O=C([CH]COC(F)F)NCc1ccsc1. The van der Waals surface area contributed by atoms with Gasteiger partial charge in [-0.15, -0.1) is 0 Å². The molecule has 1 aromatic heterocycles. The van der Waals surface area contributed by atoms with Crippen LogP contribution >= 0.6 is 11.3 Å². The maximum Gasteiger partial charge on any atom is 0.345 e. The lowest BCUT2D eigenvalue weighted by atomic mass is 10.3. The summed E-state index contributed by atoms with van der Waals surface area (Å²) in [6, 6.07) is 1.88. The zero-order valence-corrected chi connectivity index (χ0v) is 8.60. The second-order valence-electron chi connectivity index (χ2n) is 2.65. The highest BCUT2D eigenvalue weighted by atomic mass is 32.1. The number of carbonyl (C=O) groups excluding carboxylic acids is 1. The van der Waals surface area contributed by atoms with Crippen LogP contribution in [0.25, 0.3) is 0 Å². The summed E-state index contributed by atoms with van der Waals surface area (Å²) in [4.78, 5) is 11.0. The summed E-state index contributed by atoms with van der Waals surface area (Å²) in [5, 5.41) is 6.34. The average Bonchev–Trinajstić information content (AvgIpc) is 2.66. The molecule has 0 bridgehead atoms. The highest BCUT2D eigenvalue weighted by Crippen LogP contribution is 2.04. The van der Waals surface area contributed by atoms with Crippen LogP contribution in [0.15, 0.2) is 16.8 Å². The average molecular weight is 234 g/mol. The van der Waals surface area contributed by atoms with Gasteiger partial charge in [-0.1, -0.05) is 0 Å². The molecule has 83 valence electrons. The predicted octanol–water partition coefficient (Wildman–Crippen LogP) is 1.81. The van der Waals surface area contributed by atoms with Crippen LogP contribution in [-0.4, -0.2) is 19.1 Å². The fraction of sp³-hybridized carbons (Fsp3) is 0.333. The molecule has 0 unspecified atom stereocenters. The molecule has 0 aromatic carbocycles. The van der Waals surface area contributed by atoms with Crippen LogP contribution in [0.4, 0.5) is 8.78 Å². The predicted molar refractivity (Wildman–Crippen MR) is 52.4 cm³/mol. The molecule has 0 saturated carbocycles. The molecule has 0 atom stereocenters. The van der Waals surface area contributed by atoms with Gasteiger partial charge in [-0.05, 0) is 22.4 Å². The minimum atomic E-state index is -2.84. The number of halogens is 2. The van der Waals surface area contributed by atoms with E-state index in [9.17, 15) is 13.6 Å². The molecule has 1 amide bonds. The highest BCUT2D eigenvalue weighted by molar-refractivity contribution is 7.07. The molecule has 0 aliphatic rings. The Morgan fingerprint density at radius 3 is 3.07 bits per heavy atom. The lowest BCUT2D eigenvalue weighted by Crippen LogP contribution is -2.24. The van der Waals surface area contributed by atoms with Crippen molar-refractivity contribution in [2.75, 3.05) is 6.61 Å². The van der Waals surface area contributed by atoms with E-state index >= 15 is 0 Å². The summed E-state index contributed by atoms with van der Waals surface area (Å²) in [6.45, 7) is -2.83. The Morgan fingerprint density at radius 1 is 1.67 bits per heavy atom. The summed E-state index contributed by atoms with van der Waals surface area (Å²) in [5.41, 5.74) is 0.983. The molecule has 1 heterocycles. The van der Waals surface area contributed by atoms with Gasteiger partial charge in [0.1, 0.15) is 0 Å².